The highest BCUT2D eigenvalue weighted by Crippen LogP contribution is 2.29. The number of aliphatic hydroxyl groups is 1. The van der Waals surface area contributed by atoms with E-state index in [9.17, 15) is 5.11 Å². The molecule has 2 fully saturated rings. The molecule has 0 aliphatic carbocycles. The molecule has 88 valence electrons. The first kappa shape index (κ1) is 11.7. The molecule has 3 nitrogen and oxygen atoms in total. The highest BCUT2D eigenvalue weighted by molar-refractivity contribution is 7.99. The van der Waals surface area contributed by atoms with E-state index in [-0.39, 0.29) is 5.41 Å². The van der Waals surface area contributed by atoms with Gasteiger partial charge in [0.1, 0.15) is 0 Å². The van der Waals surface area contributed by atoms with Gasteiger partial charge in [-0.3, -0.25) is 0 Å². The molecule has 0 aromatic heterocycles. The zero-order valence-electron chi connectivity index (χ0n) is 9.21. The molecule has 2 rings (SSSR count). The van der Waals surface area contributed by atoms with Crippen LogP contribution in [0.4, 0.5) is 0 Å². The van der Waals surface area contributed by atoms with E-state index in [0.717, 1.165) is 32.6 Å². The third-order valence-corrected chi connectivity index (χ3v) is 4.75. The molecule has 0 aromatic rings. The maximum Gasteiger partial charge on any atom is 0.0501 e. The van der Waals surface area contributed by atoms with E-state index in [1.807, 2.05) is 11.8 Å². The molecule has 0 saturated carbocycles. The Morgan fingerprint density at radius 1 is 1.40 bits per heavy atom. The Hall–Kier alpha value is 0.230. The fourth-order valence-electron chi connectivity index (χ4n) is 2.25. The number of hydrogen-bond acceptors (Lipinski definition) is 4. The minimum absolute atomic E-state index is 0.0888. The van der Waals surface area contributed by atoms with Crippen LogP contribution in [0.25, 0.3) is 0 Å². The second-order valence-corrected chi connectivity index (χ2v) is 5.86. The van der Waals surface area contributed by atoms with Crippen molar-refractivity contribution in [1.29, 1.82) is 0 Å². The normalized spacial score (nSPS) is 30.6. The molecule has 0 radical (unpaired) electrons. The molecular formula is C11H21NO2S. The minimum atomic E-state index is 0.0888. The van der Waals surface area contributed by atoms with Crippen LogP contribution in [0.5, 0.6) is 0 Å². The van der Waals surface area contributed by atoms with Crippen molar-refractivity contribution in [2.24, 2.45) is 5.41 Å². The van der Waals surface area contributed by atoms with Gasteiger partial charge in [0.05, 0.1) is 6.61 Å². The van der Waals surface area contributed by atoms with Crippen LogP contribution in [0, 0.1) is 5.41 Å². The average molecular weight is 231 g/mol. The second kappa shape index (κ2) is 5.53. The molecule has 4 heteroatoms. The third-order valence-electron chi connectivity index (χ3n) is 3.58. The largest absolute Gasteiger partial charge is 0.396 e. The van der Waals surface area contributed by atoms with E-state index in [0.29, 0.717) is 12.6 Å². The SMILES string of the molecule is OCC1(CNC2CCSC2)CCOCC1. The molecule has 2 aliphatic rings. The van der Waals surface area contributed by atoms with Crippen LogP contribution in [0.15, 0.2) is 0 Å². The lowest BCUT2D eigenvalue weighted by Crippen LogP contribution is -2.45. The zero-order chi connectivity index (χ0) is 10.6. The summed E-state index contributed by atoms with van der Waals surface area (Å²) in [5.74, 6) is 2.52. The molecule has 2 saturated heterocycles. The molecular weight excluding hydrogens is 210 g/mol. The van der Waals surface area contributed by atoms with Crippen molar-refractivity contribution in [3.63, 3.8) is 0 Å². The number of nitrogens with one attached hydrogen (secondary N) is 1. The summed E-state index contributed by atoms with van der Waals surface area (Å²) in [6.07, 6.45) is 3.27. The molecule has 1 atom stereocenters. The smallest absolute Gasteiger partial charge is 0.0501 e. The Labute approximate surface area is 96.0 Å². The monoisotopic (exact) mass is 231 g/mol. The molecule has 2 aliphatic heterocycles. The van der Waals surface area contributed by atoms with Crippen LogP contribution >= 0.6 is 11.8 Å². The zero-order valence-corrected chi connectivity index (χ0v) is 10.0. The highest BCUT2D eigenvalue weighted by Gasteiger charge is 2.32. The van der Waals surface area contributed by atoms with E-state index < -0.39 is 0 Å². The summed E-state index contributed by atoms with van der Waals surface area (Å²) in [6, 6.07) is 0.668. The van der Waals surface area contributed by atoms with Gasteiger partial charge in [-0.1, -0.05) is 0 Å². The van der Waals surface area contributed by atoms with Crippen molar-refractivity contribution >= 4 is 11.8 Å². The summed E-state index contributed by atoms with van der Waals surface area (Å²) >= 11 is 2.03. The van der Waals surface area contributed by atoms with Gasteiger partial charge in [0.15, 0.2) is 0 Å². The maximum atomic E-state index is 9.51. The van der Waals surface area contributed by atoms with Gasteiger partial charge in [0.2, 0.25) is 0 Å². The Morgan fingerprint density at radius 2 is 2.20 bits per heavy atom. The summed E-state index contributed by atoms with van der Waals surface area (Å²) in [4.78, 5) is 0. The lowest BCUT2D eigenvalue weighted by molar-refractivity contribution is -0.0162. The quantitative estimate of drug-likeness (QED) is 0.753. The van der Waals surface area contributed by atoms with Crippen molar-refractivity contribution in [3.05, 3.63) is 0 Å². The Kier molecular flexibility index (Phi) is 4.31. The van der Waals surface area contributed by atoms with Crippen molar-refractivity contribution < 1.29 is 9.84 Å². The first-order valence-electron chi connectivity index (χ1n) is 5.84. The molecule has 2 heterocycles. The van der Waals surface area contributed by atoms with Gasteiger partial charge >= 0.3 is 0 Å². The average Bonchev–Trinajstić information content (AvgIpc) is 2.81. The van der Waals surface area contributed by atoms with E-state index in [4.69, 9.17) is 4.74 Å². The van der Waals surface area contributed by atoms with Gasteiger partial charge in [0.25, 0.3) is 0 Å². The van der Waals surface area contributed by atoms with Crippen LogP contribution in [0.1, 0.15) is 19.3 Å². The van der Waals surface area contributed by atoms with E-state index in [1.165, 1.54) is 17.9 Å². The lowest BCUT2D eigenvalue weighted by atomic mass is 9.81. The molecule has 0 aromatic carbocycles. The summed E-state index contributed by atoms with van der Waals surface area (Å²) in [7, 11) is 0. The Morgan fingerprint density at radius 3 is 2.80 bits per heavy atom. The van der Waals surface area contributed by atoms with Crippen molar-refractivity contribution in [1.82, 2.24) is 5.32 Å². The van der Waals surface area contributed by atoms with Gasteiger partial charge in [-0.05, 0) is 25.0 Å². The van der Waals surface area contributed by atoms with E-state index in [2.05, 4.69) is 5.32 Å². The van der Waals surface area contributed by atoms with E-state index in [1.54, 1.807) is 0 Å². The summed E-state index contributed by atoms with van der Waals surface area (Å²) in [6.45, 7) is 2.87. The predicted molar refractivity (Wildman–Crippen MR) is 63.3 cm³/mol. The van der Waals surface area contributed by atoms with Gasteiger partial charge < -0.3 is 15.2 Å². The first-order valence-corrected chi connectivity index (χ1v) is 7.00. The maximum absolute atomic E-state index is 9.51. The van der Waals surface area contributed by atoms with Gasteiger partial charge in [0, 0.05) is 37.0 Å². The van der Waals surface area contributed by atoms with Crippen LogP contribution in [-0.4, -0.2) is 49.0 Å². The number of aliphatic hydroxyl groups excluding tert-OH is 1. The lowest BCUT2D eigenvalue weighted by Gasteiger charge is -2.36. The molecule has 0 bridgehead atoms. The van der Waals surface area contributed by atoms with E-state index >= 15 is 0 Å². The fourth-order valence-corrected chi connectivity index (χ4v) is 3.44. The van der Waals surface area contributed by atoms with Gasteiger partial charge in [-0.2, -0.15) is 11.8 Å². The molecule has 2 N–H and O–H groups in total. The molecule has 1 unspecified atom stereocenters. The molecule has 0 spiro atoms. The van der Waals surface area contributed by atoms with Crippen LogP contribution in [0.2, 0.25) is 0 Å². The van der Waals surface area contributed by atoms with Crippen molar-refractivity contribution in [3.8, 4) is 0 Å². The predicted octanol–water partition coefficient (Wildman–Crippen LogP) is 0.871. The molecule has 0 amide bonds. The third kappa shape index (κ3) is 3.09. The fraction of sp³-hybridized carbons (Fsp3) is 1.00. The molecule has 15 heavy (non-hydrogen) atoms. The number of thioether (sulfide) groups is 1. The minimum Gasteiger partial charge on any atom is -0.396 e. The van der Waals surface area contributed by atoms with Gasteiger partial charge in [-0.15, -0.1) is 0 Å². The Bertz CT molecular complexity index is 189. The summed E-state index contributed by atoms with van der Waals surface area (Å²) in [5, 5.41) is 13.1. The van der Waals surface area contributed by atoms with Gasteiger partial charge in [-0.25, -0.2) is 0 Å². The highest BCUT2D eigenvalue weighted by atomic mass is 32.2. The Balaban J connectivity index is 1.78. The van der Waals surface area contributed by atoms with Crippen molar-refractivity contribution in [2.75, 3.05) is 37.9 Å². The van der Waals surface area contributed by atoms with Crippen LogP contribution in [0.3, 0.4) is 0 Å². The van der Waals surface area contributed by atoms with Crippen molar-refractivity contribution in [2.45, 2.75) is 25.3 Å². The summed E-state index contributed by atoms with van der Waals surface area (Å²) in [5.41, 5.74) is 0.0888. The standard InChI is InChI=1S/C11H21NO2S/c13-9-11(2-4-14-5-3-11)8-12-10-1-6-15-7-10/h10,12-13H,1-9H2. The number of ether oxygens (including phenoxy) is 1. The van der Waals surface area contributed by atoms with Crippen LogP contribution in [-0.2, 0) is 4.74 Å². The van der Waals surface area contributed by atoms with Crippen LogP contribution < -0.4 is 5.32 Å². The topological polar surface area (TPSA) is 41.5 Å². The first-order chi connectivity index (χ1) is 7.35. The number of hydrogen-bond donors (Lipinski definition) is 2. The summed E-state index contributed by atoms with van der Waals surface area (Å²) < 4.78 is 5.36. The number of rotatable bonds is 4. The second-order valence-electron chi connectivity index (χ2n) is 4.71.